The molecule has 2 unspecified atom stereocenters. The number of anilines is 1. The Balaban J connectivity index is 1.67. The van der Waals surface area contributed by atoms with Crippen LogP contribution >= 0.6 is 0 Å². The van der Waals surface area contributed by atoms with E-state index in [4.69, 9.17) is 5.26 Å². The van der Waals surface area contributed by atoms with E-state index in [0.717, 1.165) is 11.6 Å². The van der Waals surface area contributed by atoms with E-state index >= 15 is 0 Å². The predicted octanol–water partition coefficient (Wildman–Crippen LogP) is 2.70. The molecule has 0 bridgehead atoms. The molecule has 0 spiro atoms. The molecule has 2 heterocycles. The van der Waals surface area contributed by atoms with Crippen LogP contribution in [-0.2, 0) is 17.1 Å². The third-order valence-electron chi connectivity index (χ3n) is 5.18. The molecule has 1 aliphatic heterocycles. The van der Waals surface area contributed by atoms with Gasteiger partial charge in [-0.1, -0.05) is 30.3 Å². The molecule has 154 valence electrons. The Bertz CT molecular complexity index is 1200. The molecule has 2 atom stereocenters. The Morgan fingerprint density at radius 2 is 1.97 bits per heavy atom. The molecule has 7 nitrogen and oxygen atoms in total. The predicted molar refractivity (Wildman–Crippen MR) is 110 cm³/mol. The highest BCUT2D eigenvalue weighted by Gasteiger charge is 2.41. The smallest absolute Gasteiger partial charge is 0.262 e. The van der Waals surface area contributed by atoms with Crippen LogP contribution in [0.15, 0.2) is 66.1 Å². The van der Waals surface area contributed by atoms with E-state index in [1.807, 2.05) is 36.4 Å². The van der Waals surface area contributed by atoms with E-state index < -0.39 is 15.8 Å². The third-order valence-corrected chi connectivity index (χ3v) is 6.90. The Labute approximate surface area is 174 Å². The monoisotopic (exact) mass is 425 g/mol. The quantitative estimate of drug-likeness (QED) is 0.679. The van der Waals surface area contributed by atoms with Crippen LogP contribution in [0.5, 0.6) is 0 Å². The lowest BCUT2D eigenvalue weighted by Gasteiger charge is -2.21. The summed E-state index contributed by atoms with van der Waals surface area (Å²) in [6.07, 6.45) is 2.92. The van der Waals surface area contributed by atoms with Crippen molar-refractivity contribution in [3.8, 4) is 6.07 Å². The summed E-state index contributed by atoms with van der Waals surface area (Å²) >= 11 is 0. The zero-order valence-electron chi connectivity index (χ0n) is 16.2. The van der Waals surface area contributed by atoms with Crippen LogP contribution in [0.2, 0.25) is 0 Å². The molecule has 2 aromatic carbocycles. The SMILES string of the molecule is Cn1cnc(S(=O)(=O)N2CC(Nc3cc(F)cc(C#N)c3)C(c3ccccc3)C2)c1. The normalized spacial score (nSPS) is 19.5. The van der Waals surface area contributed by atoms with Gasteiger partial charge in [0.15, 0.2) is 5.03 Å². The van der Waals surface area contributed by atoms with Gasteiger partial charge in [-0.3, -0.25) is 0 Å². The second-order valence-electron chi connectivity index (χ2n) is 7.31. The zero-order valence-corrected chi connectivity index (χ0v) is 17.1. The van der Waals surface area contributed by atoms with Crippen molar-refractivity contribution in [2.24, 2.45) is 7.05 Å². The maximum atomic E-state index is 13.9. The molecule has 1 N–H and O–H groups in total. The fraction of sp³-hybridized carbons (Fsp3) is 0.238. The first-order valence-corrected chi connectivity index (χ1v) is 10.8. The first kappa shape index (κ1) is 20.1. The van der Waals surface area contributed by atoms with Crippen LogP contribution in [-0.4, -0.2) is 41.4 Å². The van der Waals surface area contributed by atoms with Crippen molar-refractivity contribution in [1.29, 1.82) is 5.26 Å². The third kappa shape index (κ3) is 3.92. The number of halogens is 1. The van der Waals surface area contributed by atoms with Gasteiger partial charge in [0.2, 0.25) is 0 Å². The molecule has 0 amide bonds. The van der Waals surface area contributed by atoms with Crippen molar-refractivity contribution >= 4 is 15.7 Å². The van der Waals surface area contributed by atoms with Crippen LogP contribution in [0.25, 0.3) is 0 Å². The van der Waals surface area contributed by atoms with Gasteiger partial charge in [-0.05, 0) is 23.8 Å². The Kier molecular flexibility index (Phi) is 5.28. The molecule has 1 fully saturated rings. The topological polar surface area (TPSA) is 91.0 Å². The van der Waals surface area contributed by atoms with Gasteiger partial charge in [-0.2, -0.15) is 9.57 Å². The largest absolute Gasteiger partial charge is 0.380 e. The van der Waals surface area contributed by atoms with Gasteiger partial charge < -0.3 is 9.88 Å². The maximum absolute atomic E-state index is 13.9. The summed E-state index contributed by atoms with van der Waals surface area (Å²) in [7, 11) is -2.06. The van der Waals surface area contributed by atoms with E-state index in [0.29, 0.717) is 5.69 Å². The summed E-state index contributed by atoms with van der Waals surface area (Å²) in [6, 6.07) is 15.2. The summed E-state index contributed by atoms with van der Waals surface area (Å²) in [5.74, 6) is -0.678. The van der Waals surface area contributed by atoms with Gasteiger partial charge in [-0.15, -0.1) is 0 Å². The first-order valence-electron chi connectivity index (χ1n) is 9.37. The maximum Gasteiger partial charge on any atom is 0.262 e. The number of imidazole rings is 1. The van der Waals surface area contributed by atoms with E-state index in [-0.39, 0.29) is 35.6 Å². The molecule has 3 aromatic rings. The van der Waals surface area contributed by atoms with E-state index in [1.54, 1.807) is 17.7 Å². The molecule has 0 radical (unpaired) electrons. The minimum Gasteiger partial charge on any atom is -0.380 e. The highest BCUT2D eigenvalue weighted by Crippen LogP contribution is 2.33. The van der Waals surface area contributed by atoms with Crippen molar-refractivity contribution in [2.45, 2.75) is 17.0 Å². The van der Waals surface area contributed by atoms with Crippen molar-refractivity contribution in [3.05, 3.63) is 78.0 Å². The van der Waals surface area contributed by atoms with Gasteiger partial charge in [0.1, 0.15) is 5.82 Å². The second kappa shape index (κ2) is 7.89. The molecule has 9 heteroatoms. The first-order chi connectivity index (χ1) is 14.4. The number of hydrogen-bond donors (Lipinski definition) is 1. The fourth-order valence-electron chi connectivity index (χ4n) is 3.75. The number of hydrogen-bond acceptors (Lipinski definition) is 5. The molecule has 1 aliphatic rings. The van der Waals surface area contributed by atoms with Crippen LogP contribution in [0, 0.1) is 17.1 Å². The van der Waals surface area contributed by atoms with E-state index in [2.05, 4.69) is 10.3 Å². The summed E-state index contributed by atoms with van der Waals surface area (Å²) in [5, 5.41) is 12.3. The molecular formula is C21H20FN5O2S. The van der Waals surface area contributed by atoms with Gasteiger partial charge in [0, 0.05) is 44.0 Å². The highest BCUT2D eigenvalue weighted by molar-refractivity contribution is 7.89. The second-order valence-corrected chi connectivity index (χ2v) is 9.19. The van der Waals surface area contributed by atoms with Crippen molar-refractivity contribution in [2.75, 3.05) is 18.4 Å². The minimum absolute atomic E-state index is 0.00464. The van der Waals surface area contributed by atoms with Gasteiger partial charge in [-0.25, -0.2) is 17.8 Å². The van der Waals surface area contributed by atoms with Gasteiger partial charge in [0.25, 0.3) is 10.0 Å². The van der Waals surface area contributed by atoms with Crippen LogP contribution < -0.4 is 5.32 Å². The molecule has 1 saturated heterocycles. The Hall–Kier alpha value is -3.22. The number of nitrogens with one attached hydrogen (secondary N) is 1. The highest BCUT2D eigenvalue weighted by atomic mass is 32.2. The lowest BCUT2D eigenvalue weighted by molar-refractivity contribution is 0.468. The summed E-state index contributed by atoms with van der Waals surface area (Å²) < 4.78 is 43.1. The van der Waals surface area contributed by atoms with E-state index in [1.165, 1.54) is 22.9 Å². The summed E-state index contributed by atoms with van der Waals surface area (Å²) in [5.41, 5.74) is 1.62. The van der Waals surface area contributed by atoms with E-state index in [9.17, 15) is 12.8 Å². The van der Waals surface area contributed by atoms with Crippen LogP contribution in [0.1, 0.15) is 17.0 Å². The summed E-state index contributed by atoms with van der Waals surface area (Å²) in [4.78, 5) is 4.00. The van der Waals surface area contributed by atoms with Crippen molar-refractivity contribution in [3.63, 3.8) is 0 Å². The number of benzene rings is 2. The molecule has 0 saturated carbocycles. The Morgan fingerprint density at radius 3 is 2.63 bits per heavy atom. The minimum atomic E-state index is -3.77. The van der Waals surface area contributed by atoms with Gasteiger partial charge >= 0.3 is 0 Å². The average molecular weight is 425 g/mol. The number of aromatic nitrogens is 2. The lowest BCUT2D eigenvalue weighted by atomic mass is 9.94. The van der Waals surface area contributed by atoms with Crippen molar-refractivity contribution < 1.29 is 12.8 Å². The lowest BCUT2D eigenvalue weighted by Crippen LogP contribution is -2.32. The van der Waals surface area contributed by atoms with Crippen molar-refractivity contribution in [1.82, 2.24) is 13.9 Å². The number of sulfonamides is 1. The van der Waals surface area contributed by atoms with Crippen LogP contribution in [0.3, 0.4) is 0 Å². The molecule has 4 rings (SSSR count). The Morgan fingerprint density at radius 1 is 1.20 bits per heavy atom. The number of nitriles is 1. The molecule has 0 aliphatic carbocycles. The standard InChI is InChI=1S/C21H20FN5O2S/c1-26-13-21(24-14-26)30(28,29)27-11-19(16-5-3-2-4-6-16)20(12-27)25-18-8-15(10-23)7-17(22)9-18/h2-9,13-14,19-20,25H,11-12H2,1H3. The van der Waals surface area contributed by atoms with Gasteiger partial charge in [0.05, 0.1) is 18.0 Å². The molecular weight excluding hydrogens is 405 g/mol. The van der Waals surface area contributed by atoms with Crippen LogP contribution in [0.4, 0.5) is 10.1 Å². The summed E-state index contributed by atoms with van der Waals surface area (Å²) in [6.45, 7) is 0.456. The average Bonchev–Trinajstić information content (AvgIpc) is 3.35. The molecule has 1 aromatic heterocycles. The zero-order chi connectivity index (χ0) is 21.3. The number of nitrogens with zero attached hydrogens (tertiary/aromatic N) is 4. The fourth-order valence-corrected chi connectivity index (χ4v) is 5.21. The molecule has 30 heavy (non-hydrogen) atoms. The number of aryl methyl sites for hydroxylation is 1. The number of rotatable bonds is 5.